The first-order valence-electron chi connectivity index (χ1n) is 4.71. The maximum Gasteiger partial charge on any atom is 0.0590 e. The van der Waals surface area contributed by atoms with Crippen LogP contribution in [0.2, 0.25) is 0 Å². The molecule has 0 bridgehead atoms. The first-order valence-corrected chi connectivity index (χ1v) is 6.42. The average molecular weight is 322 g/mol. The van der Waals surface area contributed by atoms with Gasteiger partial charge in [0.1, 0.15) is 0 Å². The largest absolute Gasteiger partial charge is 0.384 e. The Balaban J connectivity index is 2.35. The van der Waals surface area contributed by atoms with E-state index in [0.29, 0.717) is 4.83 Å². The maximum atomic E-state index is 4.01. The Morgan fingerprint density at radius 1 is 1.57 bits per heavy atom. The summed E-state index contributed by atoms with van der Waals surface area (Å²) in [5.74, 6) is 0. The quantitative estimate of drug-likeness (QED) is 0.834. The number of nitrogens with zero attached hydrogens (tertiary/aromatic N) is 1. The molecule has 1 rings (SSSR count). The number of rotatable bonds is 5. The minimum atomic E-state index is 0.607. The van der Waals surface area contributed by atoms with Crippen molar-refractivity contribution in [2.24, 2.45) is 0 Å². The smallest absolute Gasteiger partial charge is 0.0590 e. The van der Waals surface area contributed by atoms with Crippen LogP contribution in [0.15, 0.2) is 22.9 Å². The zero-order valence-corrected chi connectivity index (χ0v) is 11.3. The van der Waals surface area contributed by atoms with Crippen molar-refractivity contribution in [2.45, 2.75) is 24.6 Å². The van der Waals surface area contributed by atoms with Gasteiger partial charge in [0.15, 0.2) is 0 Å². The van der Waals surface area contributed by atoms with Crippen molar-refractivity contribution in [3.8, 4) is 0 Å². The number of anilines is 1. The van der Waals surface area contributed by atoms with Gasteiger partial charge < -0.3 is 5.32 Å². The van der Waals surface area contributed by atoms with E-state index in [0.717, 1.165) is 23.1 Å². The highest BCUT2D eigenvalue weighted by molar-refractivity contribution is 9.10. The lowest BCUT2D eigenvalue weighted by atomic mass is 10.2. The Morgan fingerprint density at radius 3 is 3.00 bits per heavy atom. The van der Waals surface area contributed by atoms with Gasteiger partial charge in [-0.1, -0.05) is 22.9 Å². The van der Waals surface area contributed by atoms with Crippen LogP contribution < -0.4 is 5.32 Å². The zero-order valence-electron chi connectivity index (χ0n) is 8.13. The van der Waals surface area contributed by atoms with Gasteiger partial charge in [-0.2, -0.15) is 0 Å². The lowest BCUT2D eigenvalue weighted by Gasteiger charge is -2.10. The highest BCUT2D eigenvalue weighted by Gasteiger charge is 2.01. The van der Waals surface area contributed by atoms with Crippen molar-refractivity contribution in [3.05, 3.63) is 22.9 Å². The van der Waals surface area contributed by atoms with E-state index in [-0.39, 0.29) is 0 Å². The van der Waals surface area contributed by atoms with Gasteiger partial charge in [0.05, 0.1) is 10.2 Å². The van der Waals surface area contributed by atoms with Gasteiger partial charge >= 0.3 is 0 Å². The summed E-state index contributed by atoms with van der Waals surface area (Å²) in [4.78, 5) is 4.62. The summed E-state index contributed by atoms with van der Waals surface area (Å²) in [6.07, 6.45) is 5.89. The van der Waals surface area contributed by atoms with E-state index in [1.54, 1.807) is 12.4 Å². The number of nitrogens with one attached hydrogen (secondary N) is 1. The topological polar surface area (TPSA) is 24.9 Å². The van der Waals surface area contributed by atoms with Crippen LogP contribution in [0.1, 0.15) is 19.8 Å². The molecule has 0 spiro atoms. The molecule has 1 aromatic heterocycles. The summed E-state index contributed by atoms with van der Waals surface area (Å²) in [5, 5.41) is 3.36. The molecule has 0 fully saturated rings. The second kappa shape index (κ2) is 6.40. The third kappa shape index (κ3) is 3.96. The van der Waals surface area contributed by atoms with E-state index in [2.05, 4.69) is 49.1 Å². The Bertz CT molecular complexity index is 279. The number of hydrogen-bond acceptors (Lipinski definition) is 2. The van der Waals surface area contributed by atoms with E-state index >= 15 is 0 Å². The number of halogens is 2. The molecule has 2 nitrogen and oxygen atoms in total. The number of alkyl halides is 1. The van der Waals surface area contributed by atoms with Crippen LogP contribution in [0.3, 0.4) is 0 Å². The van der Waals surface area contributed by atoms with Crippen molar-refractivity contribution in [2.75, 3.05) is 11.9 Å². The minimum Gasteiger partial charge on any atom is -0.384 e. The Morgan fingerprint density at radius 2 is 2.36 bits per heavy atom. The predicted molar refractivity (Wildman–Crippen MR) is 68.0 cm³/mol. The van der Waals surface area contributed by atoms with Gasteiger partial charge in [-0.3, -0.25) is 4.98 Å². The van der Waals surface area contributed by atoms with Gasteiger partial charge in [0.25, 0.3) is 0 Å². The van der Waals surface area contributed by atoms with Crippen molar-refractivity contribution in [3.63, 3.8) is 0 Å². The molecular formula is C10H14Br2N2. The predicted octanol–water partition coefficient (Wildman–Crippen LogP) is 3.82. The normalized spacial score (nSPS) is 12.5. The molecule has 78 valence electrons. The number of hydrogen-bond donors (Lipinski definition) is 1. The molecule has 1 aromatic rings. The zero-order chi connectivity index (χ0) is 10.4. The standard InChI is InChI=1S/C10H14Br2N2/c1-2-8(11)3-6-14-10-4-5-13-7-9(10)12/h4-5,7-8H,2-3,6H2,1H3,(H,13,14). The van der Waals surface area contributed by atoms with E-state index in [9.17, 15) is 0 Å². The third-order valence-electron chi connectivity index (χ3n) is 1.99. The second-order valence-electron chi connectivity index (χ2n) is 3.08. The average Bonchev–Trinajstić information content (AvgIpc) is 2.20. The fourth-order valence-corrected chi connectivity index (χ4v) is 1.71. The molecule has 1 heterocycles. The lowest BCUT2D eigenvalue weighted by Crippen LogP contribution is -2.08. The van der Waals surface area contributed by atoms with Crippen LogP contribution in [0.5, 0.6) is 0 Å². The molecule has 1 atom stereocenters. The van der Waals surface area contributed by atoms with E-state index in [1.165, 1.54) is 6.42 Å². The summed E-state index contributed by atoms with van der Waals surface area (Å²) >= 11 is 7.05. The Labute approximate surface area is 102 Å². The van der Waals surface area contributed by atoms with Crippen molar-refractivity contribution >= 4 is 37.5 Å². The molecule has 0 aliphatic heterocycles. The van der Waals surface area contributed by atoms with Crippen LogP contribution in [0.25, 0.3) is 0 Å². The van der Waals surface area contributed by atoms with Crippen molar-refractivity contribution in [1.82, 2.24) is 4.98 Å². The number of aromatic nitrogens is 1. The minimum absolute atomic E-state index is 0.607. The number of pyridine rings is 1. The Hall–Kier alpha value is -0.0900. The third-order valence-corrected chi connectivity index (χ3v) is 3.73. The Kier molecular flexibility index (Phi) is 5.48. The van der Waals surface area contributed by atoms with Gasteiger partial charge in [-0.25, -0.2) is 0 Å². The molecule has 0 radical (unpaired) electrons. The molecule has 1 unspecified atom stereocenters. The maximum absolute atomic E-state index is 4.01. The second-order valence-corrected chi connectivity index (χ2v) is 5.23. The van der Waals surface area contributed by atoms with Crippen LogP contribution in [-0.4, -0.2) is 16.4 Å². The summed E-state index contributed by atoms with van der Waals surface area (Å²) in [5.41, 5.74) is 1.11. The van der Waals surface area contributed by atoms with Crippen LogP contribution in [-0.2, 0) is 0 Å². The van der Waals surface area contributed by atoms with Crippen LogP contribution in [0.4, 0.5) is 5.69 Å². The molecule has 0 aromatic carbocycles. The van der Waals surface area contributed by atoms with Crippen molar-refractivity contribution in [1.29, 1.82) is 0 Å². The van der Waals surface area contributed by atoms with Crippen molar-refractivity contribution < 1.29 is 0 Å². The highest BCUT2D eigenvalue weighted by atomic mass is 79.9. The molecule has 0 aliphatic rings. The summed E-state index contributed by atoms with van der Waals surface area (Å²) in [7, 11) is 0. The van der Waals surface area contributed by atoms with Gasteiger partial charge in [0, 0.05) is 23.8 Å². The fourth-order valence-electron chi connectivity index (χ4n) is 1.09. The fraction of sp³-hybridized carbons (Fsp3) is 0.500. The van der Waals surface area contributed by atoms with Gasteiger partial charge in [0.2, 0.25) is 0 Å². The molecule has 1 N–H and O–H groups in total. The summed E-state index contributed by atoms with van der Waals surface area (Å²) in [6.45, 7) is 3.16. The first-order chi connectivity index (χ1) is 6.74. The SMILES string of the molecule is CCC(Br)CCNc1ccncc1Br. The van der Waals surface area contributed by atoms with E-state index in [1.807, 2.05) is 6.07 Å². The van der Waals surface area contributed by atoms with Crippen LogP contribution in [0, 0.1) is 0 Å². The molecule has 4 heteroatoms. The van der Waals surface area contributed by atoms with E-state index in [4.69, 9.17) is 0 Å². The summed E-state index contributed by atoms with van der Waals surface area (Å²) < 4.78 is 1.02. The van der Waals surface area contributed by atoms with E-state index < -0.39 is 0 Å². The molecule has 0 saturated carbocycles. The molecule has 0 aliphatic carbocycles. The monoisotopic (exact) mass is 320 g/mol. The molecular weight excluding hydrogens is 308 g/mol. The van der Waals surface area contributed by atoms with Crippen LogP contribution >= 0.6 is 31.9 Å². The lowest BCUT2D eigenvalue weighted by molar-refractivity contribution is 0.774. The van der Waals surface area contributed by atoms with Gasteiger partial charge in [-0.05, 0) is 34.8 Å². The summed E-state index contributed by atoms with van der Waals surface area (Å²) in [6, 6.07) is 1.97. The highest BCUT2D eigenvalue weighted by Crippen LogP contribution is 2.20. The molecule has 14 heavy (non-hydrogen) atoms. The molecule has 0 saturated heterocycles. The first kappa shape index (κ1) is 12.0. The molecule has 0 amide bonds. The van der Waals surface area contributed by atoms with Gasteiger partial charge in [-0.15, -0.1) is 0 Å².